The second kappa shape index (κ2) is 5.71. The van der Waals surface area contributed by atoms with Crippen molar-refractivity contribution in [3.8, 4) is 0 Å². The fraction of sp³-hybridized carbons (Fsp3) is 0.538. The third-order valence-corrected chi connectivity index (χ3v) is 3.61. The Labute approximate surface area is 112 Å². The number of morpholine rings is 1. The molecule has 0 aromatic carbocycles. The molecule has 2 heterocycles. The van der Waals surface area contributed by atoms with Gasteiger partial charge >= 0.3 is 0 Å². The molecule has 1 aromatic rings. The second-order valence-electron chi connectivity index (χ2n) is 4.53. The van der Waals surface area contributed by atoms with Crippen molar-refractivity contribution in [2.75, 3.05) is 19.3 Å². The highest BCUT2D eigenvalue weighted by Gasteiger charge is 2.27. The molecule has 0 N–H and O–H groups in total. The van der Waals surface area contributed by atoms with Crippen molar-refractivity contribution < 1.29 is 9.53 Å². The molecule has 0 aliphatic carbocycles. The highest BCUT2D eigenvalue weighted by atomic mass is 32.2. The molecule has 98 valence electrons. The number of hydrogen-bond acceptors (Lipinski definition) is 4. The van der Waals surface area contributed by atoms with E-state index in [9.17, 15) is 4.79 Å². The van der Waals surface area contributed by atoms with E-state index in [1.54, 1.807) is 12.3 Å². The lowest BCUT2D eigenvalue weighted by atomic mass is 10.2. The molecule has 0 radical (unpaired) electrons. The van der Waals surface area contributed by atoms with E-state index in [1.807, 2.05) is 31.1 Å². The maximum atomic E-state index is 12.5. The lowest BCUT2D eigenvalue weighted by molar-refractivity contribution is -0.0587. The fourth-order valence-corrected chi connectivity index (χ4v) is 2.77. The molecule has 1 amide bonds. The Morgan fingerprint density at radius 1 is 1.44 bits per heavy atom. The number of nitrogens with zero attached hydrogens (tertiary/aromatic N) is 2. The summed E-state index contributed by atoms with van der Waals surface area (Å²) in [4.78, 5) is 18.6. The van der Waals surface area contributed by atoms with Crippen LogP contribution in [0.3, 0.4) is 0 Å². The average molecular weight is 266 g/mol. The van der Waals surface area contributed by atoms with Crippen LogP contribution in [-0.2, 0) is 4.74 Å². The van der Waals surface area contributed by atoms with Gasteiger partial charge in [-0.15, -0.1) is 11.8 Å². The number of carbonyl (C=O) groups is 1. The molecule has 2 atom stereocenters. The molecule has 1 fully saturated rings. The van der Waals surface area contributed by atoms with Crippen molar-refractivity contribution in [3.63, 3.8) is 0 Å². The first kappa shape index (κ1) is 13.4. The van der Waals surface area contributed by atoms with Gasteiger partial charge in [-0.1, -0.05) is 0 Å². The lowest BCUT2D eigenvalue weighted by Gasteiger charge is -2.35. The predicted molar refractivity (Wildman–Crippen MR) is 71.9 cm³/mol. The van der Waals surface area contributed by atoms with Crippen molar-refractivity contribution in [2.45, 2.75) is 31.1 Å². The van der Waals surface area contributed by atoms with E-state index >= 15 is 0 Å². The SMILES string of the molecule is CSc1ncccc1C(=O)N1C[C@@H](C)O[C@@H](C)C1. The lowest BCUT2D eigenvalue weighted by Crippen LogP contribution is -2.48. The van der Waals surface area contributed by atoms with Gasteiger partial charge in [0.15, 0.2) is 0 Å². The van der Waals surface area contributed by atoms with Gasteiger partial charge in [0.2, 0.25) is 0 Å². The molecule has 1 aliphatic rings. The Morgan fingerprint density at radius 3 is 2.72 bits per heavy atom. The van der Waals surface area contributed by atoms with Crippen LogP contribution in [0.1, 0.15) is 24.2 Å². The molecule has 0 unspecified atom stereocenters. The van der Waals surface area contributed by atoms with Gasteiger partial charge in [0.1, 0.15) is 5.03 Å². The van der Waals surface area contributed by atoms with E-state index in [4.69, 9.17) is 4.74 Å². The predicted octanol–water partition coefficient (Wildman–Crippen LogP) is 2.05. The zero-order valence-electron chi connectivity index (χ0n) is 10.9. The van der Waals surface area contributed by atoms with Gasteiger partial charge in [0, 0.05) is 19.3 Å². The summed E-state index contributed by atoms with van der Waals surface area (Å²) in [6.45, 7) is 5.28. The maximum Gasteiger partial charge on any atom is 0.256 e. The largest absolute Gasteiger partial charge is 0.372 e. The van der Waals surface area contributed by atoms with E-state index in [1.165, 1.54) is 11.8 Å². The van der Waals surface area contributed by atoms with Crippen molar-refractivity contribution >= 4 is 17.7 Å². The highest BCUT2D eigenvalue weighted by Crippen LogP contribution is 2.20. The summed E-state index contributed by atoms with van der Waals surface area (Å²) in [5.41, 5.74) is 0.686. The summed E-state index contributed by atoms with van der Waals surface area (Å²) in [6.07, 6.45) is 3.83. The van der Waals surface area contributed by atoms with Crippen molar-refractivity contribution in [3.05, 3.63) is 23.9 Å². The van der Waals surface area contributed by atoms with E-state index in [2.05, 4.69) is 4.98 Å². The van der Waals surface area contributed by atoms with Crippen LogP contribution in [0.25, 0.3) is 0 Å². The molecule has 5 heteroatoms. The highest BCUT2D eigenvalue weighted by molar-refractivity contribution is 7.98. The Morgan fingerprint density at radius 2 is 2.11 bits per heavy atom. The molecule has 0 saturated carbocycles. The maximum absolute atomic E-state index is 12.5. The van der Waals surface area contributed by atoms with E-state index < -0.39 is 0 Å². The molecule has 1 aromatic heterocycles. The van der Waals surface area contributed by atoms with Gasteiger partial charge in [-0.25, -0.2) is 4.98 Å². The molecule has 1 saturated heterocycles. The van der Waals surface area contributed by atoms with Crippen LogP contribution in [-0.4, -0.2) is 47.3 Å². The minimum atomic E-state index is 0.0504. The number of ether oxygens (including phenoxy) is 1. The standard InChI is InChI=1S/C13H18N2O2S/c1-9-7-15(8-10(2)17-9)13(16)11-5-4-6-14-12(11)18-3/h4-6,9-10H,7-8H2,1-3H3/t9-,10+. The van der Waals surface area contributed by atoms with E-state index in [0.29, 0.717) is 18.7 Å². The molecule has 1 aliphatic heterocycles. The number of pyridine rings is 1. The van der Waals surface area contributed by atoms with Crippen molar-refractivity contribution in [1.29, 1.82) is 0 Å². The van der Waals surface area contributed by atoms with Crippen LogP contribution in [0, 0.1) is 0 Å². The van der Waals surface area contributed by atoms with Crippen LogP contribution in [0.15, 0.2) is 23.4 Å². The van der Waals surface area contributed by atoms with Gasteiger partial charge in [0.25, 0.3) is 5.91 Å². The minimum absolute atomic E-state index is 0.0504. The number of aromatic nitrogens is 1. The molecular weight excluding hydrogens is 248 g/mol. The van der Waals surface area contributed by atoms with Crippen molar-refractivity contribution in [2.24, 2.45) is 0 Å². The number of amides is 1. The monoisotopic (exact) mass is 266 g/mol. The Kier molecular flexibility index (Phi) is 4.24. The summed E-state index contributed by atoms with van der Waals surface area (Å²) >= 11 is 1.50. The zero-order chi connectivity index (χ0) is 13.1. The first-order valence-electron chi connectivity index (χ1n) is 6.05. The summed E-state index contributed by atoms with van der Waals surface area (Å²) in [6, 6.07) is 3.65. The topological polar surface area (TPSA) is 42.4 Å². The third kappa shape index (κ3) is 2.84. The van der Waals surface area contributed by atoms with E-state index in [-0.39, 0.29) is 18.1 Å². The van der Waals surface area contributed by atoms with Crippen LogP contribution in [0.2, 0.25) is 0 Å². The fourth-order valence-electron chi connectivity index (χ4n) is 2.23. The summed E-state index contributed by atoms with van der Waals surface area (Å²) in [5.74, 6) is 0.0504. The van der Waals surface area contributed by atoms with Gasteiger partial charge in [-0.3, -0.25) is 4.79 Å². The number of carbonyl (C=O) groups excluding carboxylic acids is 1. The smallest absolute Gasteiger partial charge is 0.256 e. The quantitative estimate of drug-likeness (QED) is 0.768. The molecule has 2 rings (SSSR count). The Hall–Kier alpha value is -1.07. The summed E-state index contributed by atoms with van der Waals surface area (Å²) in [7, 11) is 0. The number of thioether (sulfide) groups is 1. The van der Waals surface area contributed by atoms with E-state index in [0.717, 1.165) is 5.03 Å². The number of hydrogen-bond donors (Lipinski definition) is 0. The molecule has 18 heavy (non-hydrogen) atoms. The average Bonchev–Trinajstić information content (AvgIpc) is 2.36. The number of rotatable bonds is 2. The van der Waals surface area contributed by atoms with Crippen LogP contribution < -0.4 is 0 Å². The summed E-state index contributed by atoms with van der Waals surface area (Å²) in [5, 5.41) is 0.786. The molecule has 4 nitrogen and oxygen atoms in total. The normalized spacial score (nSPS) is 24.1. The van der Waals surface area contributed by atoms with Gasteiger partial charge < -0.3 is 9.64 Å². The molecule has 0 spiro atoms. The molecular formula is C13H18N2O2S. The van der Waals surface area contributed by atoms with Crippen LogP contribution >= 0.6 is 11.8 Å². The summed E-state index contributed by atoms with van der Waals surface area (Å²) < 4.78 is 5.64. The minimum Gasteiger partial charge on any atom is -0.372 e. The van der Waals surface area contributed by atoms with Crippen LogP contribution in [0.4, 0.5) is 0 Å². The van der Waals surface area contributed by atoms with Gasteiger partial charge in [-0.05, 0) is 32.2 Å². The Bertz CT molecular complexity index is 429. The Balaban J connectivity index is 2.20. The second-order valence-corrected chi connectivity index (χ2v) is 5.32. The first-order chi connectivity index (χ1) is 8.61. The van der Waals surface area contributed by atoms with Crippen molar-refractivity contribution in [1.82, 2.24) is 9.88 Å². The first-order valence-corrected chi connectivity index (χ1v) is 7.28. The van der Waals surface area contributed by atoms with Gasteiger partial charge in [0.05, 0.1) is 17.8 Å². The van der Waals surface area contributed by atoms with Crippen LogP contribution in [0.5, 0.6) is 0 Å². The molecule has 0 bridgehead atoms. The zero-order valence-corrected chi connectivity index (χ0v) is 11.7. The third-order valence-electron chi connectivity index (χ3n) is 2.90. The van der Waals surface area contributed by atoms with Gasteiger partial charge in [-0.2, -0.15) is 0 Å².